The van der Waals surface area contributed by atoms with Gasteiger partial charge in [0.25, 0.3) is 5.91 Å². The third-order valence-electron chi connectivity index (χ3n) is 5.48. The van der Waals surface area contributed by atoms with E-state index in [0.29, 0.717) is 29.3 Å². The highest BCUT2D eigenvalue weighted by Crippen LogP contribution is 2.21. The number of carbonyl (C=O) groups is 1. The van der Waals surface area contributed by atoms with Crippen LogP contribution in [0.4, 0.5) is 5.95 Å². The number of pyridine rings is 1. The number of benzene rings is 1. The van der Waals surface area contributed by atoms with Gasteiger partial charge < -0.3 is 21.4 Å². The maximum atomic E-state index is 11.3. The van der Waals surface area contributed by atoms with E-state index in [-0.39, 0.29) is 5.69 Å². The number of fused-ring (bicyclic) bond motifs is 1. The molecule has 0 radical (unpaired) electrons. The Balaban J connectivity index is 1.14. The molecule has 5 N–H and O–H groups in total. The highest BCUT2D eigenvalue weighted by molar-refractivity contribution is 5.91. The van der Waals surface area contributed by atoms with E-state index in [9.17, 15) is 4.79 Å². The van der Waals surface area contributed by atoms with Crippen LogP contribution in [0, 0.1) is 11.3 Å². The molecule has 3 heterocycles. The molecule has 0 saturated carbocycles. The van der Waals surface area contributed by atoms with Gasteiger partial charge in [-0.2, -0.15) is 5.26 Å². The average molecular weight is 455 g/mol. The molecule has 0 aliphatic heterocycles. The summed E-state index contributed by atoms with van der Waals surface area (Å²) in [6.07, 6.45) is 8.48. The number of aromatic nitrogens is 4. The summed E-state index contributed by atoms with van der Waals surface area (Å²) in [7, 11) is 0. The maximum Gasteiger partial charge on any atom is 0.267 e. The van der Waals surface area contributed by atoms with Gasteiger partial charge in [-0.3, -0.25) is 4.79 Å². The van der Waals surface area contributed by atoms with Gasteiger partial charge in [-0.05, 0) is 61.7 Å². The van der Waals surface area contributed by atoms with Crippen molar-refractivity contribution in [2.24, 2.45) is 5.73 Å². The summed E-state index contributed by atoms with van der Waals surface area (Å²) in [5, 5.41) is 16.8. The van der Waals surface area contributed by atoms with E-state index in [1.807, 2.05) is 24.4 Å². The number of aromatic amines is 1. The first kappa shape index (κ1) is 22.9. The number of rotatable bonds is 11. The van der Waals surface area contributed by atoms with Crippen LogP contribution in [0.3, 0.4) is 0 Å². The van der Waals surface area contributed by atoms with Gasteiger partial charge in [0.15, 0.2) is 0 Å². The number of hydrogen-bond donors (Lipinski definition) is 4. The topological polar surface area (TPSA) is 145 Å². The number of primary amides is 1. The molecule has 1 amide bonds. The smallest absolute Gasteiger partial charge is 0.267 e. The number of carbonyl (C=O) groups excluding carboxylic acids is 1. The molecular weight excluding hydrogens is 428 g/mol. The highest BCUT2D eigenvalue weighted by Gasteiger charge is 2.07. The van der Waals surface area contributed by atoms with Crippen LogP contribution in [-0.2, 0) is 6.42 Å². The molecular formula is C25H26N8O. The molecule has 4 aromatic rings. The zero-order chi connectivity index (χ0) is 23.8. The quantitative estimate of drug-likeness (QED) is 0.255. The van der Waals surface area contributed by atoms with E-state index in [1.165, 1.54) is 5.56 Å². The summed E-state index contributed by atoms with van der Waals surface area (Å²) in [5.74, 6) is -0.0339. The molecule has 0 unspecified atom stereocenters. The molecule has 172 valence electrons. The third-order valence-corrected chi connectivity index (χ3v) is 5.48. The molecule has 9 nitrogen and oxygen atoms in total. The molecule has 9 heteroatoms. The first-order chi connectivity index (χ1) is 16.6. The first-order valence-corrected chi connectivity index (χ1v) is 11.2. The van der Waals surface area contributed by atoms with Crippen molar-refractivity contribution >= 4 is 22.8 Å². The van der Waals surface area contributed by atoms with Gasteiger partial charge in [0.2, 0.25) is 5.95 Å². The second-order valence-electron chi connectivity index (χ2n) is 7.89. The summed E-state index contributed by atoms with van der Waals surface area (Å²) in [6.45, 7) is 2.43. The number of nitriles is 1. The summed E-state index contributed by atoms with van der Waals surface area (Å²) in [4.78, 5) is 27.4. The van der Waals surface area contributed by atoms with Crippen molar-refractivity contribution < 1.29 is 4.79 Å². The predicted octanol–water partition coefficient (Wildman–Crippen LogP) is 3.01. The molecule has 0 fully saturated rings. The fourth-order valence-corrected chi connectivity index (χ4v) is 3.69. The SMILES string of the molecule is N#Cc1ccc2[nH]cc(CCCCNCCNc3ncc(-c4cccc(C(N)=O)n4)cn3)c2c1. The lowest BCUT2D eigenvalue weighted by molar-refractivity contribution is 0.0995. The van der Waals surface area contributed by atoms with Crippen LogP contribution in [0.25, 0.3) is 22.2 Å². The molecule has 34 heavy (non-hydrogen) atoms. The Kier molecular flexibility index (Phi) is 7.42. The minimum atomic E-state index is -0.569. The van der Waals surface area contributed by atoms with Gasteiger partial charge >= 0.3 is 0 Å². The Morgan fingerprint density at radius 3 is 2.74 bits per heavy atom. The third kappa shape index (κ3) is 5.74. The second-order valence-corrected chi connectivity index (χ2v) is 7.89. The first-order valence-electron chi connectivity index (χ1n) is 11.2. The maximum absolute atomic E-state index is 11.3. The molecule has 0 aliphatic carbocycles. The lowest BCUT2D eigenvalue weighted by Crippen LogP contribution is -2.23. The van der Waals surface area contributed by atoms with Gasteiger partial charge in [0, 0.05) is 48.1 Å². The Bertz CT molecular complexity index is 1310. The van der Waals surface area contributed by atoms with Gasteiger partial charge in [-0.1, -0.05) is 6.07 Å². The van der Waals surface area contributed by atoms with Crippen LogP contribution in [0.1, 0.15) is 34.5 Å². The van der Waals surface area contributed by atoms with Crippen LogP contribution in [0.15, 0.2) is 55.0 Å². The fraction of sp³-hybridized carbons (Fsp3) is 0.240. The number of nitrogens with zero attached hydrogens (tertiary/aromatic N) is 4. The van der Waals surface area contributed by atoms with E-state index in [0.717, 1.165) is 43.3 Å². The number of nitrogens with two attached hydrogens (primary N) is 1. The van der Waals surface area contributed by atoms with E-state index in [1.54, 1.807) is 30.6 Å². The molecule has 0 bridgehead atoms. The number of hydrogen-bond acceptors (Lipinski definition) is 7. The number of aryl methyl sites for hydroxylation is 1. The van der Waals surface area contributed by atoms with Crippen molar-refractivity contribution in [1.82, 2.24) is 25.3 Å². The zero-order valence-corrected chi connectivity index (χ0v) is 18.7. The van der Waals surface area contributed by atoms with E-state index in [4.69, 9.17) is 11.0 Å². The molecule has 0 atom stereocenters. The van der Waals surface area contributed by atoms with Crippen molar-refractivity contribution in [3.05, 3.63) is 71.8 Å². The van der Waals surface area contributed by atoms with Crippen LogP contribution < -0.4 is 16.4 Å². The largest absolute Gasteiger partial charge is 0.364 e. The van der Waals surface area contributed by atoms with Crippen molar-refractivity contribution in [3.8, 4) is 17.3 Å². The number of nitrogens with one attached hydrogen (secondary N) is 3. The Labute approximate surface area is 197 Å². The van der Waals surface area contributed by atoms with Crippen LogP contribution >= 0.6 is 0 Å². The molecule has 3 aromatic heterocycles. The van der Waals surface area contributed by atoms with Gasteiger partial charge in [-0.15, -0.1) is 0 Å². The molecule has 0 saturated heterocycles. The summed E-state index contributed by atoms with van der Waals surface area (Å²) in [6, 6.07) is 13.0. The van der Waals surface area contributed by atoms with Gasteiger partial charge in [0.1, 0.15) is 5.69 Å². The van der Waals surface area contributed by atoms with Crippen LogP contribution in [-0.4, -0.2) is 45.5 Å². The minimum Gasteiger partial charge on any atom is -0.364 e. The fourth-order valence-electron chi connectivity index (χ4n) is 3.69. The Hall–Kier alpha value is -4.29. The van der Waals surface area contributed by atoms with E-state index < -0.39 is 5.91 Å². The highest BCUT2D eigenvalue weighted by atomic mass is 16.1. The number of unbranched alkanes of at least 4 members (excludes halogenated alkanes) is 1. The standard InChI is InChI=1S/C25H26N8O/c26-13-17-7-8-22-20(12-17)18(14-30-22)4-1-2-9-28-10-11-29-25-31-15-19(16-32-25)21-5-3-6-23(33-21)24(27)34/h3,5-8,12,14-16,28,30H,1-2,4,9-11H2,(H2,27,34)(H,29,31,32). The van der Waals surface area contributed by atoms with Crippen molar-refractivity contribution in [3.63, 3.8) is 0 Å². The number of H-pyrrole nitrogens is 1. The second kappa shape index (κ2) is 11.0. The van der Waals surface area contributed by atoms with Gasteiger partial charge in [0.05, 0.1) is 17.3 Å². The van der Waals surface area contributed by atoms with Crippen molar-refractivity contribution in [1.29, 1.82) is 5.26 Å². The minimum absolute atomic E-state index is 0.209. The van der Waals surface area contributed by atoms with E-state index >= 15 is 0 Å². The monoisotopic (exact) mass is 454 g/mol. The lowest BCUT2D eigenvalue weighted by atomic mass is 10.1. The summed E-state index contributed by atoms with van der Waals surface area (Å²) < 4.78 is 0. The van der Waals surface area contributed by atoms with Crippen LogP contribution in [0.5, 0.6) is 0 Å². The summed E-state index contributed by atoms with van der Waals surface area (Å²) >= 11 is 0. The van der Waals surface area contributed by atoms with Crippen molar-refractivity contribution in [2.45, 2.75) is 19.3 Å². The molecule has 1 aromatic carbocycles. The Morgan fingerprint density at radius 1 is 1.09 bits per heavy atom. The summed E-state index contributed by atoms with van der Waals surface area (Å²) in [5.41, 5.74) is 9.82. The molecule has 4 rings (SSSR count). The van der Waals surface area contributed by atoms with Crippen molar-refractivity contribution in [2.75, 3.05) is 25.0 Å². The molecule has 0 spiro atoms. The number of anilines is 1. The normalized spacial score (nSPS) is 10.8. The predicted molar refractivity (Wildman–Crippen MR) is 131 cm³/mol. The van der Waals surface area contributed by atoms with Gasteiger partial charge in [-0.25, -0.2) is 15.0 Å². The lowest BCUT2D eigenvalue weighted by Gasteiger charge is -2.07. The Morgan fingerprint density at radius 2 is 1.94 bits per heavy atom. The number of amides is 1. The van der Waals surface area contributed by atoms with Crippen LogP contribution in [0.2, 0.25) is 0 Å². The van der Waals surface area contributed by atoms with E-state index in [2.05, 4.69) is 36.6 Å². The average Bonchev–Trinajstić information content (AvgIpc) is 3.28. The molecule has 0 aliphatic rings. The zero-order valence-electron chi connectivity index (χ0n) is 18.7.